The van der Waals surface area contributed by atoms with Crippen molar-refractivity contribution in [3.05, 3.63) is 30.3 Å². The first-order chi connectivity index (χ1) is 17.3. The first-order valence-corrected chi connectivity index (χ1v) is 11.9. The molecule has 212 valence electrons. The minimum atomic E-state index is -0.968. The second-order valence-corrected chi connectivity index (χ2v) is 8.56. The van der Waals surface area contributed by atoms with Crippen molar-refractivity contribution in [2.75, 3.05) is 25.4 Å². The number of hydrogen-bond acceptors (Lipinski definition) is 9. The maximum atomic E-state index is 10.1. The number of anilines is 1. The fraction of sp³-hybridized carbons (Fsp3) is 0.583. The maximum absolute atomic E-state index is 10.1. The van der Waals surface area contributed by atoms with E-state index in [2.05, 4.69) is 16.4 Å². The Kier molecular flexibility index (Phi) is 21.3. The second kappa shape index (κ2) is 22.0. The van der Waals surface area contributed by atoms with Crippen LogP contribution in [0.1, 0.15) is 46.0 Å². The minimum absolute atomic E-state index is 0.269. The SMILES string of the molecule is CC(C)C[C@H](N)C(=O)O.NCC(=O)O.Nc1ccccc1.O=C(O)[C@@H]1CCCN1.O=C(O)[C@@H]1CCCN1. The second-order valence-electron chi connectivity index (χ2n) is 8.56. The van der Waals surface area contributed by atoms with Gasteiger partial charge in [0.05, 0.1) is 6.54 Å². The average Bonchev–Trinajstić information content (AvgIpc) is 3.55. The molecule has 2 aliphatic rings. The van der Waals surface area contributed by atoms with Crippen LogP contribution in [-0.2, 0) is 19.2 Å². The highest BCUT2D eigenvalue weighted by molar-refractivity contribution is 5.74. The monoisotopic (exact) mass is 529 g/mol. The number of carbonyl (C=O) groups is 4. The van der Waals surface area contributed by atoms with Crippen molar-refractivity contribution in [3.63, 3.8) is 0 Å². The molecule has 1 aromatic rings. The molecule has 12 N–H and O–H groups in total. The van der Waals surface area contributed by atoms with E-state index in [1.54, 1.807) is 0 Å². The Hall–Kier alpha value is -3.26. The van der Waals surface area contributed by atoms with Crippen molar-refractivity contribution in [2.45, 2.75) is 64.1 Å². The standard InChI is InChI=1S/C6H13NO2.C6H7N.2C5H9NO2.C2H5NO2/c1-4(2)3-5(7)6(8)9;7-6-4-2-1-3-5-6;2*7-5(8)4-2-1-3-6-4;3-1-2(4)5/h4-5H,3,7H2,1-2H3,(H,8,9);1-5H,7H2;2*4,6H,1-3H2,(H,7,8);1,3H2,(H,4,5)/t5-;;2*4-;/m0.00./s1. The van der Waals surface area contributed by atoms with Crippen molar-refractivity contribution in [1.29, 1.82) is 0 Å². The lowest BCUT2D eigenvalue weighted by Crippen LogP contribution is -2.31. The molecule has 37 heavy (non-hydrogen) atoms. The van der Waals surface area contributed by atoms with Crippen LogP contribution in [0.25, 0.3) is 0 Å². The van der Waals surface area contributed by atoms with E-state index in [0.29, 0.717) is 12.3 Å². The van der Waals surface area contributed by atoms with Gasteiger partial charge < -0.3 is 48.3 Å². The Balaban J connectivity index is 0. The maximum Gasteiger partial charge on any atom is 0.320 e. The predicted molar refractivity (Wildman–Crippen MR) is 140 cm³/mol. The molecule has 0 radical (unpaired) electrons. The molecule has 13 nitrogen and oxygen atoms in total. The molecule has 3 rings (SSSR count). The van der Waals surface area contributed by atoms with Crippen LogP contribution in [0.3, 0.4) is 0 Å². The summed E-state index contributed by atoms with van der Waals surface area (Å²) < 4.78 is 0. The average molecular weight is 530 g/mol. The Morgan fingerprint density at radius 3 is 1.43 bits per heavy atom. The molecule has 0 bridgehead atoms. The molecule has 2 saturated heterocycles. The Labute approximate surface area is 217 Å². The number of rotatable bonds is 6. The van der Waals surface area contributed by atoms with Gasteiger partial charge in [-0.15, -0.1) is 0 Å². The van der Waals surface area contributed by atoms with Crippen LogP contribution in [0.5, 0.6) is 0 Å². The largest absolute Gasteiger partial charge is 0.480 e. The molecule has 13 heteroatoms. The van der Waals surface area contributed by atoms with E-state index in [9.17, 15) is 19.2 Å². The zero-order chi connectivity index (χ0) is 28.8. The zero-order valence-electron chi connectivity index (χ0n) is 21.5. The third-order valence-electron chi connectivity index (χ3n) is 4.73. The van der Waals surface area contributed by atoms with Gasteiger partial charge in [0.25, 0.3) is 0 Å². The number of hydrogen-bond donors (Lipinski definition) is 9. The van der Waals surface area contributed by atoms with Gasteiger partial charge in [-0.3, -0.25) is 19.2 Å². The number of aliphatic carboxylic acids is 4. The number of benzene rings is 1. The van der Waals surface area contributed by atoms with Crippen LogP contribution in [0.2, 0.25) is 0 Å². The van der Waals surface area contributed by atoms with Gasteiger partial charge in [0.2, 0.25) is 0 Å². The number of para-hydroxylation sites is 1. The summed E-state index contributed by atoms with van der Waals surface area (Å²) in [6.45, 7) is 5.33. The molecule has 0 aliphatic carbocycles. The number of carboxylic acids is 4. The molecular weight excluding hydrogens is 486 g/mol. The molecule has 0 unspecified atom stereocenters. The lowest BCUT2D eigenvalue weighted by Gasteiger charge is -2.07. The van der Waals surface area contributed by atoms with Gasteiger partial charge in [-0.1, -0.05) is 32.0 Å². The summed E-state index contributed by atoms with van der Waals surface area (Å²) in [5.74, 6) is -2.96. The summed E-state index contributed by atoms with van der Waals surface area (Å²) in [5, 5.41) is 38.3. The van der Waals surface area contributed by atoms with E-state index in [-0.39, 0.29) is 18.6 Å². The highest BCUT2D eigenvalue weighted by atomic mass is 16.4. The van der Waals surface area contributed by atoms with Crippen LogP contribution in [-0.4, -0.2) is 82.1 Å². The molecule has 3 atom stereocenters. The van der Waals surface area contributed by atoms with Crippen molar-refractivity contribution < 1.29 is 39.6 Å². The van der Waals surface area contributed by atoms with Crippen molar-refractivity contribution >= 4 is 29.6 Å². The summed E-state index contributed by atoms with van der Waals surface area (Å²) in [6, 6.07) is 8.26. The first kappa shape index (κ1) is 35.9. The third kappa shape index (κ3) is 22.9. The Bertz CT molecular complexity index is 742. The minimum Gasteiger partial charge on any atom is -0.480 e. The number of nitrogens with one attached hydrogen (secondary N) is 2. The first-order valence-electron chi connectivity index (χ1n) is 11.9. The zero-order valence-corrected chi connectivity index (χ0v) is 21.5. The van der Waals surface area contributed by atoms with Gasteiger partial charge in [0.1, 0.15) is 18.1 Å². The van der Waals surface area contributed by atoms with Crippen molar-refractivity contribution in [1.82, 2.24) is 10.6 Å². The van der Waals surface area contributed by atoms with E-state index in [1.807, 2.05) is 44.2 Å². The smallest absolute Gasteiger partial charge is 0.320 e. The summed E-state index contributed by atoms with van der Waals surface area (Å²) in [7, 11) is 0. The van der Waals surface area contributed by atoms with Crippen LogP contribution in [0.15, 0.2) is 30.3 Å². The van der Waals surface area contributed by atoms with Crippen molar-refractivity contribution in [2.24, 2.45) is 17.4 Å². The normalized spacial score (nSPS) is 18.2. The van der Waals surface area contributed by atoms with Gasteiger partial charge in [0, 0.05) is 5.69 Å². The van der Waals surface area contributed by atoms with Gasteiger partial charge in [-0.2, -0.15) is 0 Å². The molecule has 2 aliphatic heterocycles. The molecule has 2 heterocycles. The summed E-state index contributed by atoms with van der Waals surface area (Å²) >= 11 is 0. The molecule has 0 saturated carbocycles. The summed E-state index contributed by atoms with van der Waals surface area (Å²) in [4.78, 5) is 39.6. The van der Waals surface area contributed by atoms with E-state index in [0.717, 1.165) is 44.5 Å². The van der Waals surface area contributed by atoms with E-state index >= 15 is 0 Å². The highest BCUT2D eigenvalue weighted by Gasteiger charge is 2.20. The molecular formula is C24H43N5O8. The third-order valence-corrected chi connectivity index (χ3v) is 4.73. The molecule has 2 fully saturated rings. The topological polar surface area (TPSA) is 251 Å². The van der Waals surface area contributed by atoms with Gasteiger partial charge >= 0.3 is 23.9 Å². The molecule has 0 spiro atoms. The lowest BCUT2D eigenvalue weighted by molar-refractivity contribution is -0.140. The van der Waals surface area contributed by atoms with Crippen LogP contribution in [0, 0.1) is 5.92 Å². The number of nitrogens with two attached hydrogens (primary N) is 3. The van der Waals surface area contributed by atoms with Crippen molar-refractivity contribution in [3.8, 4) is 0 Å². The molecule has 0 aromatic heterocycles. The quantitative estimate of drug-likeness (QED) is 0.226. The predicted octanol–water partition coefficient (Wildman–Crippen LogP) is 0.389. The summed E-state index contributed by atoms with van der Waals surface area (Å²) in [5.41, 5.74) is 16.0. The van der Waals surface area contributed by atoms with E-state index < -0.39 is 29.9 Å². The van der Waals surface area contributed by atoms with Gasteiger partial charge in [-0.05, 0) is 63.2 Å². The summed E-state index contributed by atoms with van der Waals surface area (Å²) in [6.07, 6.45) is 4.12. The van der Waals surface area contributed by atoms with Crippen LogP contribution < -0.4 is 27.8 Å². The molecule has 1 aromatic carbocycles. The highest BCUT2D eigenvalue weighted by Crippen LogP contribution is 2.04. The van der Waals surface area contributed by atoms with Gasteiger partial charge in [-0.25, -0.2) is 0 Å². The lowest BCUT2D eigenvalue weighted by atomic mass is 10.1. The Morgan fingerprint density at radius 2 is 1.30 bits per heavy atom. The van der Waals surface area contributed by atoms with E-state index in [1.165, 1.54) is 0 Å². The fourth-order valence-corrected chi connectivity index (χ4v) is 2.85. The van der Waals surface area contributed by atoms with E-state index in [4.69, 9.17) is 31.9 Å². The number of carboxylic acid groups (broad SMARTS) is 4. The fourth-order valence-electron chi connectivity index (χ4n) is 2.85. The Morgan fingerprint density at radius 1 is 0.892 bits per heavy atom. The van der Waals surface area contributed by atoms with Gasteiger partial charge in [0.15, 0.2) is 0 Å². The number of nitrogen functional groups attached to an aromatic ring is 1. The van der Waals surface area contributed by atoms with Crippen LogP contribution >= 0.6 is 0 Å². The molecule has 0 amide bonds. The van der Waals surface area contributed by atoms with Crippen LogP contribution in [0.4, 0.5) is 5.69 Å².